The number of nitrogens with one attached hydrogen (secondary N) is 1. The van der Waals surface area contributed by atoms with Crippen molar-refractivity contribution >= 4 is 9.84 Å². The van der Waals surface area contributed by atoms with E-state index in [-0.39, 0.29) is 5.75 Å². The largest absolute Gasteiger partial charge is 0.313 e. The molecule has 1 aromatic rings. The van der Waals surface area contributed by atoms with Crippen LogP contribution in [0.1, 0.15) is 24.6 Å². The van der Waals surface area contributed by atoms with Gasteiger partial charge in [-0.3, -0.25) is 9.88 Å². The molecule has 0 radical (unpaired) electrons. The lowest BCUT2D eigenvalue weighted by Crippen LogP contribution is -2.27. The van der Waals surface area contributed by atoms with Crippen molar-refractivity contribution in [3.8, 4) is 0 Å². The molecule has 2 rings (SSSR count). The zero-order valence-corrected chi connectivity index (χ0v) is 12.8. The van der Waals surface area contributed by atoms with Gasteiger partial charge in [0.15, 0.2) is 9.84 Å². The van der Waals surface area contributed by atoms with Gasteiger partial charge in [-0.1, -0.05) is 13.0 Å². The first kappa shape index (κ1) is 15.4. The lowest BCUT2D eigenvalue weighted by Gasteiger charge is -2.18. The van der Waals surface area contributed by atoms with Crippen LogP contribution in [0.25, 0.3) is 0 Å². The van der Waals surface area contributed by atoms with Crippen LogP contribution in [0.5, 0.6) is 0 Å². The van der Waals surface area contributed by atoms with Gasteiger partial charge in [0.1, 0.15) is 0 Å². The first-order valence-corrected chi connectivity index (χ1v) is 8.98. The van der Waals surface area contributed by atoms with Crippen molar-refractivity contribution in [3.05, 3.63) is 29.6 Å². The van der Waals surface area contributed by atoms with Crippen LogP contribution < -0.4 is 5.32 Å². The SMILES string of the molecule is CCNCc1ccc(CN2CCCS(=O)(=O)CC2)nc1. The molecule has 1 aromatic heterocycles. The Balaban J connectivity index is 1.89. The molecule has 20 heavy (non-hydrogen) atoms. The van der Waals surface area contributed by atoms with E-state index in [1.807, 2.05) is 12.3 Å². The quantitative estimate of drug-likeness (QED) is 0.871. The summed E-state index contributed by atoms with van der Waals surface area (Å²) in [6.07, 6.45) is 2.62. The monoisotopic (exact) mass is 297 g/mol. The van der Waals surface area contributed by atoms with Crippen molar-refractivity contribution < 1.29 is 8.42 Å². The molecule has 0 bridgehead atoms. The molecular formula is C14H23N3O2S. The number of nitrogens with zero attached hydrogens (tertiary/aromatic N) is 2. The highest BCUT2D eigenvalue weighted by atomic mass is 32.2. The summed E-state index contributed by atoms with van der Waals surface area (Å²) in [6.45, 7) is 6.05. The Hall–Kier alpha value is -0.980. The van der Waals surface area contributed by atoms with E-state index in [1.54, 1.807) is 0 Å². The van der Waals surface area contributed by atoms with Crippen molar-refractivity contribution in [3.63, 3.8) is 0 Å². The van der Waals surface area contributed by atoms with Gasteiger partial charge in [-0.2, -0.15) is 0 Å². The lowest BCUT2D eigenvalue weighted by atomic mass is 10.2. The van der Waals surface area contributed by atoms with E-state index in [0.717, 1.165) is 38.3 Å². The minimum atomic E-state index is -2.83. The third-order valence-corrected chi connectivity index (χ3v) is 5.21. The summed E-state index contributed by atoms with van der Waals surface area (Å²) in [6, 6.07) is 4.12. The molecule has 0 atom stereocenters. The van der Waals surface area contributed by atoms with Gasteiger partial charge in [0.25, 0.3) is 0 Å². The van der Waals surface area contributed by atoms with E-state index < -0.39 is 9.84 Å². The number of rotatable bonds is 5. The maximum absolute atomic E-state index is 11.6. The lowest BCUT2D eigenvalue weighted by molar-refractivity contribution is 0.284. The van der Waals surface area contributed by atoms with Gasteiger partial charge in [-0.15, -0.1) is 0 Å². The van der Waals surface area contributed by atoms with Crippen LogP contribution in [-0.4, -0.2) is 49.4 Å². The summed E-state index contributed by atoms with van der Waals surface area (Å²) in [5, 5.41) is 3.27. The van der Waals surface area contributed by atoms with Crippen LogP contribution >= 0.6 is 0 Å². The minimum absolute atomic E-state index is 0.269. The molecule has 0 amide bonds. The van der Waals surface area contributed by atoms with Crippen molar-refractivity contribution in [2.45, 2.75) is 26.4 Å². The van der Waals surface area contributed by atoms with E-state index in [4.69, 9.17) is 0 Å². The van der Waals surface area contributed by atoms with Crippen LogP contribution in [0.2, 0.25) is 0 Å². The molecule has 0 saturated carbocycles. The molecular weight excluding hydrogens is 274 g/mol. The Morgan fingerprint density at radius 3 is 2.85 bits per heavy atom. The van der Waals surface area contributed by atoms with Gasteiger partial charge in [-0.25, -0.2) is 8.42 Å². The van der Waals surface area contributed by atoms with E-state index in [0.29, 0.717) is 12.3 Å². The van der Waals surface area contributed by atoms with Gasteiger partial charge >= 0.3 is 0 Å². The summed E-state index contributed by atoms with van der Waals surface area (Å²) in [5.74, 6) is 0.587. The Labute approximate surface area is 121 Å². The topological polar surface area (TPSA) is 62.3 Å². The van der Waals surface area contributed by atoms with Gasteiger partial charge in [0.2, 0.25) is 0 Å². The zero-order valence-electron chi connectivity index (χ0n) is 12.0. The fourth-order valence-electron chi connectivity index (χ4n) is 2.30. The second-order valence-electron chi connectivity index (χ2n) is 5.22. The first-order valence-electron chi connectivity index (χ1n) is 7.16. The smallest absolute Gasteiger partial charge is 0.151 e. The molecule has 1 N–H and O–H groups in total. The average Bonchev–Trinajstić information content (AvgIpc) is 2.59. The summed E-state index contributed by atoms with van der Waals surface area (Å²) in [4.78, 5) is 6.64. The maximum Gasteiger partial charge on any atom is 0.151 e. The molecule has 5 nitrogen and oxygen atoms in total. The highest BCUT2D eigenvalue weighted by Crippen LogP contribution is 2.09. The number of hydrogen-bond donors (Lipinski definition) is 1. The third-order valence-electron chi connectivity index (χ3n) is 3.50. The number of hydrogen-bond acceptors (Lipinski definition) is 5. The molecule has 1 aliphatic rings. The van der Waals surface area contributed by atoms with Crippen LogP contribution in [0.15, 0.2) is 18.3 Å². The molecule has 0 unspecified atom stereocenters. The highest BCUT2D eigenvalue weighted by Gasteiger charge is 2.19. The van der Waals surface area contributed by atoms with Crippen molar-refractivity contribution in [2.75, 3.05) is 31.1 Å². The zero-order chi connectivity index (χ0) is 14.4. The first-order chi connectivity index (χ1) is 9.59. The Bertz CT molecular complexity index is 514. The number of pyridine rings is 1. The predicted molar refractivity (Wildman–Crippen MR) is 80.2 cm³/mol. The number of aromatic nitrogens is 1. The van der Waals surface area contributed by atoms with E-state index in [2.05, 4.69) is 28.2 Å². The Morgan fingerprint density at radius 2 is 2.15 bits per heavy atom. The van der Waals surface area contributed by atoms with Crippen LogP contribution in [0.3, 0.4) is 0 Å². The molecule has 2 heterocycles. The molecule has 1 fully saturated rings. The van der Waals surface area contributed by atoms with Crippen molar-refractivity contribution in [1.82, 2.24) is 15.2 Å². The molecule has 6 heteroatoms. The fourth-order valence-corrected chi connectivity index (χ4v) is 3.61. The second-order valence-corrected chi connectivity index (χ2v) is 7.52. The van der Waals surface area contributed by atoms with Crippen LogP contribution in [-0.2, 0) is 22.9 Å². The standard InChI is InChI=1S/C14H23N3O2S/c1-2-15-10-13-4-5-14(16-11-13)12-17-6-3-8-20(18,19)9-7-17/h4-5,11,15H,2-3,6-10,12H2,1H3. The average molecular weight is 297 g/mol. The Kier molecular flexibility index (Phi) is 5.51. The predicted octanol–water partition coefficient (Wildman–Crippen LogP) is 0.812. The highest BCUT2D eigenvalue weighted by molar-refractivity contribution is 7.91. The van der Waals surface area contributed by atoms with E-state index >= 15 is 0 Å². The van der Waals surface area contributed by atoms with Crippen molar-refractivity contribution in [1.29, 1.82) is 0 Å². The summed E-state index contributed by atoms with van der Waals surface area (Å²) >= 11 is 0. The second kappa shape index (κ2) is 7.15. The maximum atomic E-state index is 11.6. The molecule has 0 aromatic carbocycles. The third kappa shape index (κ3) is 4.85. The minimum Gasteiger partial charge on any atom is -0.313 e. The van der Waals surface area contributed by atoms with Crippen molar-refractivity contribution in [2.24, 2.45) is 0 Å². The van der Waals surface area contributed by atoms with Crippen LogP contribution in [0.4, 0.5) is 0 Å². The van der Waals surface area contributed by atoms with Crippen LogP contribution in [0, 0.1) is 0 Å². The van der Waals surface area contributed by atoms with Gasteiger partial charge < -0.3 is 5.32 Å². The molecule has 0 spiro atoms. The summed E-state index contributed by atoms with van der Waals surface area (Å²) in [7, 11) is -2.83. The Morgan fingerprint density at radius 1 is 1.30 bits per heavy atom. The molecule has 112 valence electrons. The fraction of sp³-hybridized carbons (Fsp3) is 0.643. The number of sulfone groups is 1. The molecule has 0 aliphatic carbocycles. The van der Waals surface area contributed by atoms with E-state index in [1.165, 1.54) is 5.56 Å². The summed E-state index contributed by atoms with van der Waals surface area (Å²) < 4.78 is 23.1. The van der Waals surface area contributed by atoms with E-state index in [9.17, 15) is 8.42 Å². The summed E-state index contributed by atoms with van der Waals surface area (Å²) in [5.41, 5.74) is 2.18. The van der Waals surface area contributed by atoms with Gasteiger partial charge in [0.05, 0.1) is 17.2 Å². The molecule has 1 saturated heterocycles. The van der Waals surface area contributed by atoms with Gasteiger partial charge in [0, 0.05) is 25.8 Å². The van der Waals surface area contributed by atoms with Gasteiger partial charge in [-0.05, 0) is 31.1 Å². The molecule has 1 aliphatic heterocycles. The normalized spacial score (nSPS) is 19.6.